The van der Waals surface area contributed by atoms with Gasteiger partial charge in [0, 0.05) is 19.0 Å². The summed E-state index contributed by atoms with van der Waals surface area (Å²) in [6.07, 6.45) is 4.34. The molecule has 1 aromatic rings. The lowest BCUT2D eigenvalue weighted by molar-refractivity contribution is -0.0863. The van der Waals surface area contributed by atoms with Gasteiger partial charge in [-0.25, -0.2) is 4.79 Å². The number of benzene rings is 1. The van der Waals surface area contributed by atoms with Gasteiger partial charge in [-0.15, -0.1) is 0 Å². The molecule has 2 atom stereocenters. The molecule has 2 amide bonds. The molecule has 1 aliphatic heterocycles. The Labute approximate surface area is 139 Å². The van der Waals surface area contributed by atoms with Crippen molar-refractivity contribution >= 4 is 11.7 Å². The van der Waals surface area contributed by atoms with Gasteiger partial charge < -0.3 is 20.1 Å². The largest absolute Gasteiger partial charge is 0.433 e. The van der Waals surface area contributed by atoms with Gasteiger partial charge in [0.1, 0.15) is 5.75 Å². The van der Waals surface area contributed by atoms with Crippen molar-refractivity contribution in [2.45, 2.75) is 44.3 Å². The second-order valence-electron chi connectivity index (χ2n) is 6.55. The maximum Gasteiger partial charge on any atom is 0.387 e. The van der Waals surface area contributed by atoms with Crippen molar-refractivity contribution in [2.75, 3.05) is 18.4 Å². The highest BCUT2D eigenvalue weighted by atomic mass is 19.3. The summed E-state index contributed by atoms with van der Waals surface area (Å²) in [5.41, 5.74) is -0.446. The molecule has 0 bridgehead atoms. The molecule has 1 saturated carbocycles. The Balaban J connectivity index is 1.66. The lowest BCUT2D eigenvalue weighted by Crippen LogP contribution is -2.55. The van der Waals surface area contributed by atoms with E-state index < -0.39 is 12.2 Å². The number of hydrogen-bond acceptors (Lipinski definition) is 3. The molecule has 7 heteroatoms. The number of carbonyl (C=O) groups is 1. The number of urea groups is 1. The van der Waals surface area contributed by atoms with Crippen LogP contribution in [0.15, 0.2) is 24.3 Å². The summed E-state index contributed by atoms with van der Waals surface area (Å²) in [7, 11) is 0. The molecule has 5 nitrogen and oxygen atoms in total. The van der Waals surface area contributed by atoms with E-state index in [0.29, 0.717) is 19.5 Å². The van der Waals surface area contributed by atoms with E-state index in [1.54, 1.807) is 17.0 Å². The van der Waals surface area contributed by atoms with Crippen LogP contribution >= 0.6 is 0 Å². The molecule has 0 spiro atoms. The number of likely N-dealkylation sites (tertiary alicyclic amines) is 1. The Morgan fingerprint density at radius 2 is 2.12 bits per heavy atom. The molecule has 1 saturated heterocycles. The SMILES string of the molecule is O=C(Nc1ccccc1OC(F)F)N1CC[C@@]2(O)CCCC[C@H]2C1. The normalized spacial score (nSPS) is 26.8. The topological polar surface area (TPSA) is 61.8 Å². The third-order valence-corrected chi connectivity index (χ3v) is 5.06. The van der Waals surface area contributed by atoms with Crippen LogP contribution < -0.4 is 10.1 Å². The number of para-hydroxylation sites is 2. The first kappa shape index (κ1) is 17.0. The van der Waals surface area contributed by atoms with Gasteiger partial charge in [-0.3, -0.25) is 0 Å². The van der Waals surface area contributed by atoms with E-state index in [-0.39, 0.29) is 23.4 Å². The Bertz CT molecular complexity index is 599. The van der Waals surface area contributed by atoms with Crippen LogP contribution in [-0.2, 0) is 0 Å². The summed E-state index contributed by atoms with van der Waals surface area (Å²) in [4.78, 5) is 14.1. The van der Waals surface area contributed by atoms with Gasteiger partial charge >= 0.3 is 12.6 Å². The summed E-state index contributed by atoms with van der Waals surface area (Å²) in [6, 6.07) is 5.77. The Hall–Kier alpha value is -1.89. The van der Waals surface area contributed by atoms with Crippen LogP contribution in [-0.4, -0.2) is 41.3 Å². The van der Waals surface area contributed by atoms with E-state index in [9.17, 15) is 18.7 Å². The molecule has 2 N–H and O–H groups in total. The van der Waals surface area contributed by atoms with Crippen LogP contribution in [0.4, 0.5) is 19.3 Å². The minimum Gasteiger partial charge on any atom is -0.433 e. The van der Waals surface area contributed by atoms with Crippen LogP contribution in [0.1, 0.15) is 32.1 Å². The Morgan fingerprint density at radius 3 is 2.92 bits per heavy atom. The molecule has 0 aromatic heterocycles. The maximum atomic E-state index is 12.5. The zero-order chi connectivity index (χ0) is 17.2. The highest BCUT2D eigenvalue weighted by Crippen LogP contribution is 2.40. The lowest BCUT2D eigenvalue weighted by atomic mass is 9.71. The molecule has 1 heterocycles. The third kappa shape index (κ3) is 3.61. The summed E-state index contributed by atoms with van der Waals surface area (Å²) >= 11 is 0. The first-order valence-corrected chi connectivity index (χ1v) is 8.30. The first-order valence-electron chi connectivity index (χ1n) is 8.30. The molecule has 0 unspecified atom stereocenters. The minimum absolute atomic E-state index is 0.0629. The quantitative estimate of drug-likeness (QED) is 0.886. The summed E-state index contributed by atoms with van der Waals surface area (Å²) in [5.74, 6) is 0.0188. The number of halogens is 2. The fourth-order valence-corrected chi connectivity index (χ4v) is 3.72. The number of nitrogens with one attached hydrogen (secondary N) is 1. The third-order valence-electron chi connectivity index (χ3n) is 5.06. The molecule has 3 rings (SSSR count). The van der Waals surface area contributed by atoms with Gasteiger partial charge in [0.25, 0.3) is 0 Å². The summed E-state index contributed by atoms with van der Waals surface area (Å²) in [6.45, 7) is -2.01. The highest BCUT2D eigenvalue weighted by molar-refractivity contribution is 5.91. The van der Waals surface area contributed by atoms with Crippen LogP contribution in [0.5, 0.6) is 5.75 Å². The number of rotatable bonds is 3. The predicted octanol–water partition coefficient (Wildman–Crippen LogP) is 3.45. The van der Waals surface area contributed by atoms with Crippen molar-refractivity contribution in [2.24, 2.45) is 5.92 Å². The van der Waals surface area contributed by atoms with E-state index >= 15 is 0 Å². The van der Waals surface area contributed by atoms with Crippen molar-refractivity contribution < 1.29 is 23.4 Å². The Morgan fingerprint density at radius 1 is 1.33 bits per heavy atom. The van der Waals surface area contributed by atoms with E-state index in [0.717, 1.165) is 25.7 Å². The molecular formula is C17H22F2N2O3. The van der Waals surface area contributed by atoms with Crippen LogP contribution in [0.2, 0.25) is 0 Å². The summed E-state index contributed by atoms with van der Waals surface area (Å²) < 4.78 is 29.3. The molecular weight excluding hydrogens is 318 g/mol. The first-order chi connectivity index (χ1) is 11.5. The molecule has 132 valence electrons. The number of hydrogen-bond donors (Lipinski definition) is 2. The second kappa shape index (κ2) is 6.93. The van der Waals surface area contributed by atoms with E-state index in [1.165, 1.54) is 12.1 Å². The van der Waals surface area contributed by atoms with Gasteiger partial charge in [-0.05, 0) is 31.4 Å². The fourth-order valence-electron chi connectivity index (χ4n) is 3.72. The number of nitrogens with zero attached hydrogens (tertiary/aromatic N) is 1. The molecule has 2 aliphatic rings. The van der Waals surface area contributed by atoms with Gasteiger partial charge in [0.15, 0.2) is 0 Å². The number of alkyl halides is 2. The zero-order valence-electron chi connectivity index (χ0n) is 13.4. The zero-order valence-corrected chi connectivity index (χ0v) is 13.4. The van der Waals surface area contributed by atoms with Gasteiger partial charge in [0.2, 0.25) is 0 Å². The standard InChI is InChI=1S/C17H22F2N2O3/c18-15(19)24-14-7-2-1-6-13(14)20-16(22)21-10-9-17(23)8-4-3-5-12(17)11-21/h1-2,6-7,12,15,23H,3-5,8-11H2,(H,20,22)/t12-,17-/m0/s1. The lowest BCUT2D eigenvalue weighted by Gasteiger charge is -2.47. The van der Waals surface area contributed by atoms with Crippen LogP contribution in [0.25, 0.3) is 0 Å². The number of piperidine rings is 1. The van der Waals surface area contributed by atoms with Gasteiger partial charge in [0.05, 0.1) is 11.3 Å². The fraction of sp³-hybridized carbons (Fsp3) is 0.588. The number of fused-ring (bicyclic) bond motifs is 1. The van der Waals surface area contributed by atoms with E-state index in [1.807, 2.05) is 0 Å². The minimum atomic E-state index is -2.95. The van der Waals surface area contributed by atoms with Crippen molar-refractivity contribution in [1.82, 2.24) is 4.90 Å². The van der Waals surface area contributed by atoms with Crippen molar-refractivity contribution in [1.29, 1.82) is 0 Å². The van der Waals surface area contributed by atoms with Crippen molar-refractivity contribution in [3.63, 3.8) is 0 Å². The average molecular weight is 340 g/mol. The number of carbonyl (C=O) groups excluding carboxylic acids is 1. The maximum absolute atomic E-state index is 12.5. The van der Waals surface area contributed by atoms with E-state index in [4.69, 9.17) is 0 Å². The molecule has 2 fully saturated rings. The average Bonchev–Trinajstić information content (AvgIpc) is 2.55. The van der Waals surface area contributed by atoms with Gasteiger partial charge in [-0.1, -0.05) is 25.0 Å². The van der Waals surface area contributed by atoms with Gasteiger partial charge in [-0.2, -0.15) is 8.78 Å². The van der Waals surface area contributed by atoms with E-state index in [2.05, 4.69) is 10.1 Å². The molecule has 1 aliphatic carbocycles. The summed E-state index contributed by atoms with van der Waals surface area (Å²) in [5, 5.41) is 13.3. The number of anilines is 1. The highest BCUT2D eigenvalue weighted by Gasteiger charge is 2.43. The monoisotopic (exact) mass is 340 g/mol. The molecule has 1 aromatic carbocycles. The number of ether oxygens (including phenoxy) is 1. The van der Waals surface area contributed by atoms with Crippen LogP contribution in [0.3, 0.4) is 0 Å². The number of amides is 2. The predicted molar refractivity (Wildman–Crippen MR) is 85.2 cm³/mol. The smallest absolute Gasteiger partial charge is 0.387 e. The Kier molecular flexibility index (Phi) is 4.89. The van der Waals surface area contributed by atoms with Crippen molar-refractivity contribution in [3.05, 3.63) is 24.3 Å². The molecule has 24 heavy (non-hydrogen) atoms. The second-order valence-corrected chi connectivity index (χ2v) is 6.55. The van der Waals surface area contributed by atoms with Crippen LogP contribution in [0, 0.1) is 5.92 Å². The number of aliphatic hydroxyl groups is 1. The van der Waals surface area contributed by atoms with Crippen molar-refractivity contribution in [3.8, 4) is 5.75 Å². The molecule has 0 radical (unpaired) electrons.